The summed E-state index contributed by atoms with van der Waals surface area (Å²) < 4.78 is 43.5. The number of carbonyl (C=O) groups is 4. The number of ketones is 2. The highest BCUT2D eigenvalue weighted by atomic mass is 19.1. The zero-order chi connectivity index (χ0) is 26.1. The number of alkyl halides is 2. The van der Waals surface area contributed by atoms with Gasteiger partial charge in [0, 0.05) is 36.5 Å². The fraction of sp³-hybridized carbons (Fsp3) is 0.692. The number of hydrogen-bond acceptors (Lipinski definition) is 7. The van der Waals surface area contributed by atoms with Crippen LogP contribution in [0, 0.1) is 28.6 Å². The Morgan fingerprint density at radius 2 is 1.80 bits per heavy atom. The van der Waals surface area contributed by atoms with Crippen molar-refractivity contribution >= 4 is 23.5 Å². The Balaban J connectivity index is 1.85. The Labute approximate surface area is 202 Å². The van der Waals surface area contributed by atoms with Crippen LogP contribution < -0.4 is 0 Å². The van der Waals surface area contributed by atoms with E-state index in [1.54, 1.807) is 13.8 Å². The van der Waals surface area contributed by atoms with Crippen LogP contribution in [0.4, 0.5) is 8.78 Å². The Bertz CT molecular complexity index is 1050. The van der Waals surface area contributed by atoms with E-state index < -0.39 is 82.2 Å². The molecule has 3 saturated carbocycles. The van der Waals surface area contributed by atoms with Crippen molar-refractivity contribution in [2.45, 2.75) is 77.4 Å². The highest BCUT2D eigenvalue weighted by Gasteiger charge is 2.78. The summed E-state index contributed by atoms with van der Waals surface area (Å²) in [6.07, 6.45) is 0.118. The maximum absolute atomic E-state index is 17.3. The lowest BCUT2D eigenvalue weighted by molar-refractivity contribution is -0.231. The van der Waals surface area contributed by atoms with Gasteiger partial charge >= 0.3 is 11.9 Å². The first-order valence-corrected chi connectivity index (χ1v) is 12.0. The molecule has 0 amide bonds. The lowest BCUT2D eigenvalue weighted by Crippen LogP contribution is -2.71. The SMILES string of the molecule is CC(=O)OCC(=O)[C@@]1(OC(C)=O)[C@@H](C)C[C@@H]2[C@@H]3C[C@H](F)C4=CC(=O)C=C[C@]4(C)[C@@]3(F)[C@@H](O)C[C@@]21C. The first-order valence-electron chi connectivity index (χ1n) is 12.0. The molecule has 0 spiro atoms. The third kappa shape index (κ3) is 3.22. The van der Waals surface area contributed by atoms with Crippen molar-refractivity contribution in [2.24, 2.45) is 28.6 Å². The van der Waals surface area contributed by atoms with E-state index in [0.717, 1.165) is 19.9 Å². The Morgan fingerprint density at radius 1 is 1.14 bits per heavy atom. The number of carbonyl (C=O) groups excluding carboxylic acids is 4. The predicted molar refractivity (Wildman–Crippen MR) is 119 cm³/mol. The number of aliphatic hydroxyl groups excluding tert-OH is 1. The van der Waals surface area contributed by atoms with Gasteiger partial charge in [-0.05, 0) is 49.8 Å². The molecule has 4 aliphatic rings. The largest absolute Gasteiger partial charge is 0.458 e. The third-order valence-corrected chi connectivity index (χ3v) is 9.29. The van der Waals surface area contributed by atoms with Gasteiger partial charge in [-0.2, -0.15) is 0 Å². The van der Waals surface area contributed by atoms with Gasteiger partial charge in [0.25, 0.3) is 0 Å². The predicted octanol–water partition coefficient (Wildman–Crippen LogP) is 2.99. The summed E-state index contributed by atoms with van der Waals surface area (Å²) in [5.41, 5.74) is -6.90. The minimum Gasteiger partial charge on any atom is -0.458 e. The smallest absolute Gasteiger partial charge is 0.303 e. The minimum absolute atomic E-state index is 0.00892. The topological polar surface area (TPSA) is 107 Å². The van der Waals surface area contributed by atoms with E-state index in [9.17, 15) is 24.3 Å². The minimum atomic E-state index is -2.31. The molecular formula is C26H32F2O7. The molecule has 35 heavy (non-hydrogen) atoms. The van der Waals surface area contributed by atoms with Crippen LogP contribution in [0.25, 0.3) is 0 Å². The normalized spacial score (nSPS) is 46.1. The Morgan fingerprint density at radius 3 is 2.40 bits per heavy atom. The van der Waals surface area contributed by atoms with Gasteiger partial charge in [-0.25, -0.2) is 8.78 Å². The van der Waals surface area contributed by atoms with Crippen LogP contribution in [-0.4, -0.2) is 58.8 Å². The standard InChI is InChI=1S/C26H32F2O7/c1-13-8-17-18-10-20(27)19-9-16(31)6-7-23(19,4)25(18,28)21(32)11-24(17,5)26(13,35-15(3)30)22(33)12-34-14(2)29/h6-7,9,13,17-18,20-21,32H,8,10-12H2,1-5H3/t13-,17+,18-,20-,21-,23-,24-,25-,26-/m0/s1. The summed E-state index contributed by atoms with van der Waals surface area (Å²) in [4.78, 5) is 49.1. The highest BCUT2D eigenvalue weighted by molar-refractivity contribution is 6.01. The molecule has 4 rings (SSSR count). The van der Waals surface area contributed by atoms with E-state index in [2.05, 4.69) is 0 Å². The lowest BCUT2D eigenvalue weighted by atomic mass is 9.44. The Hall–Kier alpha value is -2.42. The van der Waals surface area contributed by atoms with Crippen molar-refractivity contribution in [3.63, 3.8) is 0 Å². The van der Waals surface area contributed by atoms with Gasteiger partial charge in [0.15, 0.2) is 23.7 Å². The molecule has 4 aliphatic carbocycles. The molecule has 1 N–H and O–H groups in total. The maximum Gasteiger partial charge on any atom is 0.303 e. The highest BCUT2D eigenvalue weighted by Crippen LogP contribution is 2.71. The molecule has 0 saturated heterocycles. The van der Waals surface area contributed by atoms with Crippen molar-refractivity contribution < 1.29 is 42.5 Å². The number of esters is 2. The van der Waals surface area contributed by atoms with E-state index in [1.807, 2.05) is 0 Å². The molecule has 9 heteroatoms. The zero-order valence-electron chi connectivity index (χ0n) is 20.6. The van der Waals surface area contributed by atoms with E-state index in [4.69, 9.17) is 9.47 Å². The molecule has 7 nitrogen and oxygen atoms in total. The maximum atomic E-state index is 17.3. The van der Waals surface area contributed by atoms with Crippen LogP contribution in [0.5, 0.6) is 0 Å². The van der Waals surface area contributed by atoms with Gasteiger partial charge in [-0.15, -0.1) is 0 Å². The van der Waals surface area contributed by atoms with Gasteiger partial charge in [-0.1, -0.05) is 19.9 Å². The second kappa shape index (κ2) is 8.05. The van der Waals surface area contributed by atoms with Gasteiger partial charge in [-0.3, -0.25) is 19.2 Å². The summed E-state index contributed by atoms with van der Waals surface area (Å²) in [6.45, 7) is 6.52. The van der Waals surface area contributed by atoms with Crippen molar-refractivity contribution in [3.05, 3.63) is 23.8 Å². The van der Waals surface area contributed by atoms with Crippen molar-refractivity contribution in [3.8, 4) is 0 Å². The number of Topliss-reactive ketones (excluding diaryl/α,β-unsaturated/α-hetero) is 1. The van der Waals surface area contributed by atoms with Crippen molar-refractivity contribution in [1.29, 1.82) is 0 Å². The molecular weight excluding hydrogens is 462 g/mol. The monoisotopic (exact) mass is 494 g/mol. The molecule has 0 aromatic carbocycles. The fourth-order valence-corrected chi connectivity index (χ4v) is 7.89. The molecule has 0 unspecified atom stereocenters. The summed E-state index contributed by atoms with van der Waals surface area (Å²) >= 11 is 0. The number of allylic oxidation sites excluding steroid dienone is 4. The van der Waals surface area contributed by atoms with Crippen LogP contribution in [0.1, 0.15) is 53.9 Å². The first-order chi connectivity index (χ1) is 16.1. The van der Waals surface area contributed by atoms with Crippen LogP contribution in [0.3, 0.4) is 0 Å². The van der Waals surface area contributed by atoms with Crippen LogP contribution in [-0.2, 0) is 28.7 Å². The summed E-state index contributed by atoms with van der Waals surface area (Å²) in [7, 11) is 0. The summed E-state index contributed by atoms with van der Waals surface area (Å²) in [5.74, 6) is -4.77. The Kier molecular flexibility index (Phi) is 5.90. The fourth-order valence-electron chi connectivity index (χ4n) is 7.89. The van der Waals surface area contributed by atoms with E-state index >= 15 is 8.78 Å². The molecule has 0 aromatic heterocycles. The second-order valence-electron chi connectivity index (χ2n) is 11.0. The second-order valence-corrected chi connectivity index (χ2v) is 11.0. The lowest BCUT2D eigenvalue weighted by Gasteiger charge is -2.63. The number of hydrogen-bond donors (Lipinski definition) is 1. The number of aliphatic hydroxyl groups is 1. The van der Waals surface area contributed by atoms with Crippen LogP contribution >= 0.6 is 0 Å². The van der Waals surface area contributed by atoms with E-state index in [-0.39, 0.29) is 24.8 Å². The molecule has 3 fully saturated rings. The summed E-state index contributed by atoms with van der Waals surface area (Å²) in [5, 5.41) is 11.4. The quantitative estimate of drug-likeness (QED) is 0.599. The van der Waals surface area contributed by atoms with Gasteiger partial charge in [0.05, 0.1) is 6.10 Å². The van der Waals surface area contributed by atoms with Gasteiger partial charge < -0.3 is 14.6 Å². The van der Waals surface area contributed by atoms with Crippen molar-refractivity contribution in [2.75, 3.05) is 6.61 Å². The van der Waals surface area contributed by atoms with E-state index in [1.165, 1.54) is 19.1 Å². The number of ether oxygens (including phenoxy) is 2. The van der Waals surface area contributed by atoms with E-state index in [0.29, 0.717) is 0 Å². The first kappa shape index (κ1) is 25.7. The van der Waals surface area contributed by atoms with Gasteiger partial charge in [0.2, 0.25) is 5.78 Å². The molecule has 9 atom stereocenters. The average molecular weight is 495 g/mol. The molecule has 0 aromatic rings. The zero-order valence-corrected chi connectivity index (χ0v) is 20.6. The number of rotatable bonds is 4. The molecule has 0 aliphatic heterocycles. The average Bonchev–Trinajstić information content (AvgIpc) is 2.97. The van der Waals surface area contributed by atoms with Gasteiger partial charge in [0.1, 0.15) is 6.17 Å². The van der Waals surface area contributed by atoms with Crippen LogP contribution in [0.15, 0.2) is 23.8 Å². The van der Waals surface area contributed by atoms with Crippen LogP contribution in [0.2, 0.25) is 0 Å². The summed E-state index contributed by atoms with van der Waals surface area (Å²) in [6, 6.07) is 0. The molecule has 192 valence electrons. The molecule has 0 bridgehead atoms. The van der Waals surface area contributed by atoms with Crippen molar-refractivity contribution in [1.82, 2.24) is 0 Å². The molecule has 0 radical (unpaired) electrons. The third-order valence-electron chi connectivity index (χ3n) is 9.29. The number of fused-ring (bicyclic) bond motifs is 5. The molecule has 0 heterocycles. The number of halogens is 2.